The highest BCUT2D eigenvalue weighted by Gasteiger charge is 2.32. The molecule has 0 aliphatic carbocycles. The average molecular weight is 270 g/mol. The molecule has 1 aromatic heterocycles. The molecule has 5 nitrogen and oxygen atoms in total. The first-order chi connectivity index (χ1) is 8.94. The number of halogens is 3. The fourth-order valence-electron chi connectivity index (χ4n) is 1.36. The smallest absolute Gasteiger partial charge is 0.404 e. The Labute approximate surface area is 106 Å². The van der Waals surface area contributed by atoms with Gasteiger partial charge in [0.05, 0.1) is 5.69 Å². The lowest BCUT2D eigenvalue weighted by atomic mass is 10.3. The van der Waals surface area contributed by atoms with Crippen molar-refractivity contribution in [3.8, 4) is 5.75 Å². The number of hydrogen-bond acceptors (Lipinski definition) is 5. The second-order valence-electron chi connectivity index (χ2n) is 3.47. The minimum Gasteiger partial charge on any atom is -0.404 e. The molecule has 0 unspecified atom stereocenters. The number of aromatic nitrogens is 2. The van der Waals surface area contributed by atoms with Crippen molar-refractivity contribution in [3.05, 3.63) is 36.5 Å². The molecule has 19 heavy (non-hydrogen) atoms. The first kappa shape index (κ1) is 12.9. The third-order valence-electron chi connectivity index (χ3n) is 2.05. The first-order valence-corrected chi connectivity index (χ1v) is 5.14. The number of benzene rings is 1. The zero-order valence-electron chi connectivity index (χ0n) is 9.48. The predicted molar refractivity (Wildman–Crippen MR) is 62.9 cm³/mol. The summed E-state index contributed by atoms with van der Waals surface area (Å²) in [6.45, 7) is 0. The maximum atomic E-state index is 12.2. The molecule has 0 atom stereocenters. The normalized spacial score (nSPS) is 11.1. The summed E-state index contributed by atoms with van der Waals surface area (Å²) in [4.78, 5) is 7.50. The van der Waals surface area contributed by atoms with E-state index in [4.69, 9.17) is 5.73 Å². The molecular formula is C11H9F3N4O. The SMILES string of the molecule is Nc1nccc(Nc2ccccc2OC(F)(F)F)n1. The molecule has 0 aliphatic rings. The van der Waals surface area contributed by atoms with E-state index in [0.717, 1.165) is 0 Å². The maximum Gasteiger partial charge on any atom is 0.573 e. The number of hydrogen-bond donors (Lipinski definition) is 2. The first-order valence-electron chi connectivity index (χ1n) is 5.14. The lowest BCUT2D eigenvalue weighted by molar-refractivity contribution is -0.274. The van der Waals surface area contributed by atoms with Crippen LogP contribution in [0.25, 0.3) is 0 Å². The predicted octanol–water partition coefficient (Wildman–Crippen LogP) is 2.70. The fourth-order valence-corrected chi connectivity index (χ4v) is 1.36. The van der Waals surface area contributed by atoms with E-state index in [1.54, 1.807) is 6.07 Å². The molecule has 0 fully saturated rings. The van der Waals surface area contributed by atoms with E-state index in [9.17, 15) is 13.2 Å². The van der Waals surface area contributed by atoms with E-state index in [-0.39, 0.29) is 23.2 Å². The van der Waals surface area contributed by atoms with E-state index in [1.165, 1.54) is 30.5 Å². The Kier molecular flexibility index (Phi) is 3.41. The Morgan fingerprint density at radius 2 is 1.89 bits per heavy atom. The number of nitrogen functional groups attached to an aromatic ring is 1. The number of para-hydroxylation sites is 2. The third-order valence-corrected chi connectivity index (χ3v) is 2.05. The van der Waals surface area contributed by atoms with Crippen molar-refractivity contribution in [2.75, 3.05) is 11.1 Å². The molecule has 0 amide bonds. The molecule has 1 aromatic carbocycles. The summed E-state index contributed by atoms with van der Waals surface area (Å²) in [7, 11) is 0. The summed E-state index contributed by atoms with van der Waals surface area (Å²) in [6, 6.07) is 7.09. The number of ether oxygens (including phenoxy) is 1. The van der Waals surface area contributed by atoms with Gasteiger partial charge in [0.2, 0.25) is 5.95 Å². The quantitative estimate of drug-likeness (QED) is 0.897. The van der Waals surface area contributed by atoms with Gasteiger partial charge in [0, 0.05) is 6.20 Å². The number of nitrogens with two attached hydrogens (primary N) is 1. The summed E-state index contributed by atoms with van der Waals surface area (Å²) in [5, 5.41) is 2.68. The molecule has 0 bridgehead atoms. The highest BCUT2D eigenvalue weighted by molar-refractivity contribution is 5.64. The molecule has 0 saturated heterocycles. The van der Waals surface area contributed by atoms with Crippen molar-refractivity contribution in [2.45, 2.75) is 6.36 Å². The van der Waals surface area contributed by atoms with Crippen LogP contribution in [0.2, 0.25) is 0 Å². The zero-order chi connectivity index (χ0) is 13.9. The second-order valence-corrected chi connectivity index (χ2v) is 3.47. The lowest BCUT2D eigenvalue weighted by Crippen LogP contribution is -2.17. The van der Waals surface area contributed by atoms with Crippen LogP contribution >= 0.6 is 0 Å². The van der Waals surface area contributed by atoms with Gasteiger partial charge in [0.25, 0.3) is 0 Å². The van der Waals surface area contributed by atoms with Gasteiger partial charge in [-0.25, -0.2) is 4.98 Å². The van der Waals surface area contributed by atoms with Crippen molar-refractivity contribution in [2.24, 2.45) is 0 Å². The summed E-state index contributed by atoms with van der Waals surface area (Å²) in [6.07, 6.45) is -3.37. The lowest BCUT2D eigenvalue weighted by Gasteiger charge is -2.14. The van der Waals surface area contributed by atoms with E-state index in [0.29, 0.717) is 0 Å². The van der Waals surface area contributed by atoms with E-state index >= 15 is 0 Å². The number of nitrogens with zero attached hydrogens (tertiary/aromatic N) is 2. The molecule has 0 aliphatic heterocycles. The van der Waals surface area contributed by atoms with E-state index < -0.39 is 6.36 Å². The Morgan fingerprint density at radius 3 is 2.58 bits per heavy atom. The zero-order valence-corrected chi connectivity index (χ0v) is 9.48. The molecule has 1 heterocycles. The van der Waals surface area contributed by atoms with Gasteiger partial charge < -0.3 is 15.8 Å². The molecule has 8 heteroatoms. The Morgan fingerprint density at radius 1 is 1.16 bits per heavy atom. The molecule has 3 N–H and O–H groups in total. The number of alkyl halides is 3. The largest absolute Gasteiger partial charge is 0.573 e. The van der Waals surface area contributed by atoms with Crippen LogP contribution in [0.1, 0.15) is 0 Å². The third kappa shape index (κ3) is 3.73. The average Bonchev–Trinajstić information content (AvgIpc) is 2.30. The molecule has 0 spiro atoms. The van der Waals surface area contributed by atoms with Crippen molar-refractivity contribution in [3.63, 3.8) is 0 Å². The van der Waals surface area contributed by atoms with Crippen LogP contribution < -0.4 is 15.8 Å². The van der Waals surface area contributed by atoms with Crippen molar-refractivity contribution >= 4 is 17.5 Å². The molecule has 2 aromatic rings. The summed E-state index contributed by atoms with van der Waals surface area (Å²) < 4.78 is 40.6. The number of anilines is 3. The summed E-state index contributed by atoms with van der Waals surface area (Å²) >= 11 is 0. The van der Waals surface area contributed by atoms with Crippen LogP contribution in [-0.2, 0) is 0 Å². The van der Waals surface area contributed by atoms with Gasteiger partial charge in [-0.3, -0.25) is 0 Å². The maximum absolute atomic E-state index is 12.2. The molecule has 100 valence electrons. The molecule has 0 radical (unpaired) electrons. The van der Waals surface area contributed by atoms with Gasteiger partial charge in [-0.15, -0.1) is 13.2 Å². The minimum absolute atomic E-state index is 0.0132. The highest BCUT2D eigenvalue weighted by atomic mass is 19.4. The Balaban J connectivity index is 2.25. The van der Waals surface area contributed by atoms with Gasteiger partial charge in [0.15, 0.2) is 5.75 Å². The fraction of sp³-hybridized carbons (Fsp3) is 0.0909. The van der Waals surface area contributed by atoms with E-state index in [2.05, 4.69) is 20.0 Å². The van der Waals surface area contributed by atoms with Gasteiger partial charge >= 0.3 is 6.36 Å². The second kappa shape index (κ2) is 5.01. The van der Waals surface area contributed by atoms with Crippen molar-refractivity contribution in [1.82, 2.24) is 9.97 Å². The van der Waals surface area contributed by atoms with Gasteiger partial charge in [-0.05, 0) is 18.2 Å². The molecule has 2 rings (SSSR count). The van der Waals surface area contributed by atoms with Crippen LogP contribution in [0.15, 0.2) is 36.5 Å². The number of rotatable bonds is 3. The highest BCUT2D eigenvalue weighted by Crippen LogP contribution is 2.31. The molecular weight excluding hydrogens is 261 g/mol. The van der Waals surface area contributed by atoms with Crippen LogP contribution in [0.5, 0.6) is 5.75 Å². The van der Waals surface area contributed by atoms with Crippen LogP contribution in [0.3, 0.4) is 0 Å². The van der Waals surface area contributed by atoms with Crippen LogP contribution in [0, 0.1) is 0 Å². The van der Waals surface area contributed by atoms with Crippen molar-refractivity contribution < 1.29 is 17.9 Å². The van der Waals surface area contributed by atoms with Crippen molar-refractivity contribution in [1.29, 1.82) is 0 Å². The minimum atomic E-state index is -4.76. The van der Waals surface area contributed by atoms with E-state index in [1.807, 2.05) is 0 Å². The Bertz CT molecular complexity index is 574. The topological polar surface area (TPSA) is 73.1 Å². The summed E-state index contributed by atoms with van der Waals surface area (Å²) in [5.41, 5.74) is 5.50. The van der Waals surface area contributed by atoms with Gasteiger partial charge in [-0.1, -0.05) is 12.1 Å². The number of nitrogens with one attached hydrogen (secondary N) is 1. The van der Waals surface area contributed by atoms with Gasteiger partial charge in [0.1, 0.15) is 5.82 Å². The monoisotopic (exact) mass is 270 g/mol. The molecule has 0 saturated carbocycles. The van der Waals surface area contributed by atoms with Crippen LogP contribution in [-0.4, -0.2) is 16.3 Å². The van der Waals surface area contributed by atoms with Gasteiger partial charge in [-0.2, -0.15) is 4.98 Å². The van der Waals surface area contributed by atoms with Crippen LogP contribution in [0.4, 0.5) is 30.6 Å². The standard InChI is InChI=1S/C11H9F3N4O/c12-11(13,14)19-8-4-2-1-3-7(8)17-9-5-6-16-10(15)18-9/h1-6H,(H3,15,16,17,18). The summed E-state index contributed by atoms with van der Waals surface area (Å²) in [5.74, 6) is -0.0721. The Hall–Kier alpha value is -2.51.